The second-order valence-electron chi connectivity index (χ2n) is 7.52. The van der Waals surface area contributed by atoms with Crippen LogP contribution in [0, 0.1) is 5.92 Å². The summed E-state index contributed by atoms with van der Waals surface area (Å²) in [6.07, 6.45) is 1.67. The lowest BCUT2D eigenvalue weighted by atomic mass is 9.96. The highest BCUT2D eigenvalue weighted by molar-refractivity contribution is 5.94. The summed E-state index contributed by atoms with van der Waals surface area (Å²) in [5, 5.41) is 2.83. The van der Waals surface area contributed by atoms with Gasteiger partial charge in [-0.25, -0.2) is 0 Å². The predicted octanol–water partition coefficient (Wildman–Crippen LogP) is 1.84. The number of nitrogens with zero attached hydrogens (tertiary/aromatic N) is 2. The highest BCUT2D eigenvalue weighted by Gasteiger charge is 2.28. The van der Waals surface area contributed by atoms with Gasteiger partial charge in [0.15, 0.2) is 0 Å². The van der Waals surface area contributed by atoms with Crippen molar-refractivity contribution in [3.8, 4) is 0 Å². The number of amides is 2. The van der Waals surface area contributed by atoms with Crippen molar-refractivity contribution in [2.45, 2.75) is 46.2 Å². The molecule has 0 radical (unpaired) electrons. The van der Waals surface area contributed by atoms with Crippen LogP contribution in [0.25, 0.3) is 0 Å². The van der Waals surface area contributed by atoms with Crippen LogP contribution in [0.5, 0.6) is 0 Å². The third kappa shape index (κ3) is 6.04. The molecule has 1 aliphatic heterocycles. The summed E-state index contributed by atoms with van der Waals surface area (Å²) in [5.74, 6) is -0.131. The highest BCUT2D eigenvalue weighted by atomic mass is 16.2. The quantitative estimate of drug-likeness (QED) is 0.728. The molecule has 150 valence electrons. The van der Waals surface area contributed by atoms with Gasteiger partial charge in [0, 0.05) is 44.3 Å². The minimum Gasteiger partial charge on any atom is -0.355 e. The van der Waals surface area contributed by atoms with E-state index in [4.69, 9.17) is 5.73 Å². The number of rotatable bonds is 8. The Morgan fingerprint density at radius 3 is 2.59 bits per heavy atom. The molecule has 3 N–H and O–H groups in total. The first-order valence-corrected chi connectivity index (χ1v) is 10.1. The molecule has 1 unspecified atom stereocenters. The number of likely N-dealkylation sites (tertiary alicyclic amines) is 1. The van der Waals surface area contributed by atoms with Crippen LogP contribution in [0.1, 0.15) is 49.5 Å². The molecule has 1 saturated heterocycles. The van der Waals surface area contributed by atoms with Gasteiger partial charge in [-0.1, -0.05) is 19.1 Å². The maximum atomic E-state index is 12.8. The van der Waals surface area contributed by atoms with Gasteiger partial charge in [0.05, 0.1) is 5.92 Å². The molecule has 2 amide bonds. The molecule has 6 heteroatoms. The zero-order valence-corrected chi connectivity index (χ0v) is 16.9. The Labute approximate surface area is 163 Å². The first kappa shape index (κ1) is 21.4. The molecule has 0 bridgehead atoms. The first-order valence-electron chi connectivity index (χ1n) is 10.1. The Hall–Kier alpha value is -1.92. The maximum Gasteiger partial charge on any atom is 0.253 e. The SMILES string of the molecule is CCN(Cc1ccc(C(=O)N2CCCC(C(=O)NCCN)C2)cc1)C(C)C. The summed E-state index contributed by atoms with van der Waals surface area (Å²) in [5.41, 5.74) is 7.34. The smallest absolute Gasteiger partial charge is 0.253 e. The van der Waals surface area contributed by atoms with Crippen LogP contribution in [-0.4, -0.2) is 60.4 Å². The van der Waals surface area contributed by atoms with E-state index in [2.05, 4.69) is 31.0 Å². The van der Waals surface area contributed by atoms with E-state index in [0.717, 1.165) is 25.9 Å². The Kier molecular flexibility index (Phi) is 8.25. The second-order valence-corrected chi connectivity index (χ2v) is 7.52. The summed E-state index contributed by atoms with van der Waals surface area (Å²) in [6.45, 7) is 10.5. The van der Waals surface area contributed by atoms with E-state index in [-0.39, 0.29) is 17.7 Å². The average Bonchev–Trinajstić information content (AvgIpc) is 2.70. The number of carbonyl (C=O) groups is 2. The standard InChI is InChI=1S/C21H34N4O2/c1-4-24(16(2)3)14-17-7-9-18(10-8-17)21(27)25-13-5-6-19(15-25)20(26)23-12-11-22/h7-10,16,19H,4-6,11-15,22H2,1-3H3,(H,23,26). The zero-order chi connectivity index (χ0) is 19.8. The molecule has 1 aromatic rings. The molecule has 6 nitrogen and oxygen atoms in total. The van der Waals surface area contributed by atoms with Gasteiger partial charge >= 0.3 is 0 Å². The van der Waals surface area contributed by atoms with E-state index in [1.54, 1.807) is 4.90 Å². The average molecular weight is 375 g/mol. The molecule has 2 rings (SSSR count). The summed E-state index contributed by atoms with van der Waals surface area (Å²) in [4.78, 5) is 29.2. The Bertz CT molecular complexity index is 615. The number of nitrogens with two attached hydrogens (primary N) is 1. The van der Waals surface area contributed by atoms with Crippen molar-refractivity contribution in [3.63, 3.8) is 0 Å². The van der Waals surface area contributed by atoms with Crippen molar-refractivity contribution in [3.05, 3.63) is 35.4 Å². The Balaban J connectivity index is 1.97. The third-order valence-corrected chi connectivity index (χ3v) is 5.25. The zero-order valence-electron chi connectivity index (χ0n) is 16.9. The van der Waals surface area contributed by atoms with Gasteiger partial charge in [0.1, 0.15) is 0 Å². The van der Waals surface area contributed by atoms with E-state index >= 15 is 0 Å². The van der Waals surface area contributed by atoms with Crippen molar-refractivity contribution in [2.24, 2.45) is 11.7 Å². The highest BCUT2D eigenvalue weighted by Crippen LogP contribution is 2.19. The van der Waals surface area contributed by atoms with Crippen LogP contribution in [0.4, 0.5) is 0 Å². The van der Waals surface area contributed by atoms with Gasteiger partial charge in [-0.3, -0.25) is 14.5 Å². The lowest BCUT2D eigenvalue weighted by Gasteiger charge is -2.32. The maximum absolute atomic E-state index is 12.8. The third-order valence-electron chi connectivity index (χ3n) is 5.25. The monoisotopic (exact) mass is 374 g/mol. The lowest BCUT2D eigenvalue weighted by molar-refractivity contribution is -0.126. The van der Waals surface area contributed by atoms with Gasteiger partial charge in [-0.2, -0.15) is 0 Å². The van der Waals surface area contributed by atoms with Crippen LogP contribution in [0.15, 0.2) is 24.3 Å². The Morgan fingerprint density at radius 1 is 1.30 bits per heavy atom. The lowest BCUT2D eigenvalue weighted by Crippen LogP contribution is -2.46. The fraction of sp³-hybridized carbons (Fsp3) is 0.619. The summed E-state index contributed by atoms with van der Waals surface area (Å²) in [6, 6.07) is 8.38. The molecular formula is C21H34N4O2. The van der Waals surface area contributed by atoms with Crippen LogP contribution >= 0.6 is 0 Å². The first-order chi connectivity index (χ1) is 13.0. The van der Waals surface area contributed by atoms with Crippen molar-refractivity contribution in [1.29, 1.82) is 0 Å². The predicted molar refractivity (Wildman–Crippen MR) is 108 cm³/mol. The molecule has 1 heterocycles. The molecule has 0 aromatic heterocycles. The number of hydrogen-bond acceptors (Lipinski definition) is 4. The molecule has 1 aromatic carbocycles. The van der Waals surface area contributed by atoms with E-state index in [1.165, 1.54) is 5.56 Å². The van der Waals surface area contributed by atoms with Crippen LogP contribution in [0.3, 0.4) is 0 Å². The topological polar surface area (TPSA) is 78.7 Å². The minimum absolute atomic E-state index is 0.00152. The number of carbonyl (C=O) groups excluding carboxylic acids is 2. The van der Waals surface area contributed by atoms with E-state index in [1.807, 2.05) is 24.3 Å². The van der Waals surface area contributed by atoms with Gasteiger partial charge in [-0.15, -0.1) is 0 Å². The van der Waals surface area contributed by atoms with Crippen molar-refractivity contribution in [1.82, 2.24) is 15.1 Å². The summed E-state index contributed by atoms with van der Waals surface area (Å²) >= 11 is 0. The van der Waals surface area contributed by atoms with Crippen LogP contribution in [0.2, 0.25) is 0 Å². The van der Waals surface area contributed by atoms with E-state index in [9.17, 15) is 9.59 Å². The molecule has 27 heavy (non-hydrogen) atoms. The van der Waals surface area contributed by atoms with E-state index in [0.29, 0.717) is 37.8 Å². The summed E-state index contributed by atoms with van der Waals surface area (Å²) < 4.78 is 0. The molecule has 0 aliphatic carbocycles. The van der Waals surface area contributed by atoms with Crippen LogP contribution < -0.4 is 11.1 Å². The number of benzene rings is 1. The molecule has 1 fully saturated rings. The van der Waals surface area contributed by atoms with Gasteiger partial charge in [-0.05, 0) is 50.9 Å². The molecule has 0 spiro atoms. The van der Waals surface area contributed by atoms with Crippen LogP contribution in [-0.2, 0) is 11.3 Å². The largest absolute Gasteiger partial charge is 0.355 e. The minimum atomic E-state index is -0.141. The normalized spacial score (nSPS) is 17.4. The fourth-order valence-electron chi connectivity index (χ4n) is 3.54. The Morgan fingerprint density at radius 2 is 2.00 bits per heavy atom. The van der Waals surface area contributed by atoms with E-state index < -0.39 is 0 Å². The summed E-state index contributed by atoms with van der Waals surface area (Å²) in [7, 11) is 0. The van der Waals surface area contributed by atoms with Gasteiger partial charge in [0.2, 0.25) is 5.91 Å². The van der Waals surface area contributed by atoms with Gasteiger partial charge in [0.25, 0.3) is 5.91 Å². The molecule has 1 aliphatic rings. The molecule has 0 saturated carbocycles. The van der Waals surface area contributed by atoms with Crippen molar-refractivity contribution >= 4 is 11.8 Å². The van der Waals surface area contributed by atoms with Gasteiger partial charge < -0.3 is 16.0 Å². The second kappa shape index (κ2) is 10.4. The number of hydrogen-bond donors (Lipinski definition) is 2. The number of nitrogens with one attached hydrogen (secondary N) is 1. The number of piperidine rings is 1. The fourth-order valence-corrected chi connectivity index (χ4v) is 3.54. The molecule has 1 atom stereocenters. The van der Waals surface area contributed by atoms with Crippen molar-refractivity contribution < 1.29 is 9.59 Å². The van der Waals surface area contributed by atoms with Crippen molar-refractivity contribution in [2.75, 3.05) is 32.7 Å². The molecular weight excluding hydrogens is 340 g/mol.